The second-order valence-electron chi connectivity index (χ2n) is 2.03. The Balaban J connectivity index is 0. The van der Waals surface area contributed by atoms with Crippen molar-refractivity contribution in [3.05, 3.63) is 61.8 Å². The standard InChI is InChI=1S/C10H14.C2H4/c1-4-6-8-10(3)9-7-5-2;1-2/h4-9H,1H2,2-3H3;1-2H2/b7-5-,8-6-,10-9-;. The summed E-state index contributed by atoms with van der Waals surface area (Å²) in [5.41, 5.74) is 1.23. The lowest BCUT2D eigenvalue weighted by Crippen LogP contribution is -1.63. The molecule has 0 fully saturated rings. The molecule has 0 aliphatic heterocycles. The highest BCUT2D eigenvalue weighted by atomic mass is 13.8. The van der Waals surface area contributed by atoms with E-state index in [1.54, 1.807) is 6.08 Å². The van der Waals surface area contributed by atoms with E-state index in [1.807, 2.05) is 31.2 Å². The molecule has 0 atom stereocenters. The van der Waals surface area contributed by atoms with Crippen molar-refractivity contribution in [3.8, 4) is 0 Å². The van der Waals surface area contributed by atoms with Gasteiger partial charge in [0.15, 0.2) is 0 Å². The average molecular weight is 162 g/mol. The molecule has 0 saturated heterocycles. The van der Waals surface area contributed by atoms with Gasteiger partial charge in [0.1, 0.15) is 0 Å². The predicted molar refractivity (Wildman–Crippen MR) is 59.2 cm³/mol. The van der Waals surface area contributed by atoms with Crippen LogP contribution in [0.1, 0.15) is 13.8 Å². The van der Waals surface area contributed by atoms with Gasteiger partial charge in [-0.1, -0.05) is 48.6 Å². The van der Waals surface area contributed by atoms with E-state index in [2.05, 4.69) is 32.7 Å². The Kier molecular flexibility index (Phi) is 13.7. The molecule has 0 radical (unpaired) electrons. The fourth-order valence-corrected chi connectivity index (χ4v) is 0.523. The third kappa shape index (κ3) is 11.5. The molecular weight excluding hydrogens is 144 g/mol. The highest BCUT2D eigenvalue weighted by molar-refractivity contribution is 5.23. The van der Waals surface area contributed by atoms with Gasteiger partial charge in [-0.2, -0.15) is 0 Å². The number of allylic oxidation sites excluding steroid dienone is 7. The van der Waals surface area contributed by atoms with Gasteiger partial charge in [-0.15, -0.1) is 13.2 Å². The first kappa shape index (κ1) is 13.3. The Morgan fingerprint density at radius 3 is 2.17 bits per heavy atom. The summed E-state index contributed by atoms with van der Waals surface area (Å²) in [5, 5.41) is 0. The van der Waals surface area contributed by atoms with Crippen molar-refractivity contribution in [2.24, 2.45) is 0 Å². The smallest absolute Gasteiger partial charge is 0.0398 e. The molecule has 0 heteroatoms. The van der Waals surface area contributed by atoms with Crippen molar-refractivity contribution in [1.29, 1.82) is 0 Å². The van der Waals surface area contributed by atoms with E-state index in [-0.39, 0.29) is 0 Å². The molecule has 0 bridgehead atoms. The van der Waals surface area contributed by atoms with Crippen LogP contribution in [-0.2, 0) is 0 Å². The fraction of sp³-hybridized carbons (Fsp3) is 0.167. The predicted octanol–water partition coefficient (Wildman–Crippen LogP) is 4.05. The van der Waals surface area contributed by atoms with Gasteiger partial charge in [-0.25, -0.2) is 0 Å². The van der Waals surface area contributed by atoms with Crippen molar-refractivity contribution in [2.45, 2.75) is 13.8 Å². The van der Waals surface area contributed by atoms with Crippen LogP contribution in [0.5, 0.6) is 0 Å². The number of hydrogen-bond donors (Lipinski definition) is 0. The summed E-state index contributed by atoms with van der Waals surface area (Å²) < 4.78 is 0. The van der Waals surface area contributed by atoms with Crippen molar-refractivity contribution >= 4 is 0 Å². The summed E-state index contributed by atoms with van der Waals surface area (Å²) in [6.45, 7) is 13.6. The fourth-order valence-electron chi connectivity index (χ4n) is 0.523. The summed E-state index contributed by atoms with van der Waals surface area (Å²) in [7, 11) is 0. The van der Waals surface area contributed by atoms with Gasteiger partial charge >= 0.3 is 0 Å². The van der Waals surface area contributed by atoms with Gasteiger partial charge in [0, 0.05) is 0 Å². The zero-order valence-corrected chi connectivity index (χ0v) is 8.09. The summed E-state index contributed by atoms with van der Waals surface area (Å²) >= 11 is 0. The minimum atomic E-state index is 1.23. The van der Waals surface area contributed by atoms with Crippen LogP contribution in [0, 0.1) is 0 Å². The molecule has 0 unspecified atom stereocenters. The van der Waals surface area contributed by atoms with Crippen LogP contribution < -0.4 is 0 Å². The van der Waals surface area contributed by atoms with Crippen LogP contribution in [0.15, 0.2) is 61.8 Å². The maximum Gasteiger partial charge on any atom is -0.0398 e. The highest BCUT2D eigenvalue weighted by Gasteiger charge is 1.73. The lowest BCUT2D eigenvalue weighted by Gasteiger charge is -1.84. The van der Waals surface area contributed by atoms with Gasteiger partial charge in [0.25, 0.3) is 0 Å². The third-order valence-corrected chi connectivity index (χ3v) is 1.05. The van der Waals surface area contributed by atoms with Crippen LogP contribution in [0.2, 0.25) is 0 Å². The molecule has 0 aliphatic rings. The summed E-state index contributed by atoms with van der Waals surface area (Å²) in [6, 6.07) is 0. The van der Waals surface area contributed by atoms with Crippen molar-refractivity contribution in [1.82, 2.24) is 0 Å². The lowest BCUT2D eigenvalue weighted by atomic mass is 10.2. The van der Waals surface area contributed by atoms with Crippen LogP contribution in [0.3, 0.4) is 0 Å². The molecule has 0 spiro atoms. The molecule has 0 saturated carbocycles. The molecule has 0 heterocycles. The second-order valence-corrected chi connectivity index (χ2v) is 2.03. The largest absolute Gasteiger partial charge is 0.106 e. The van der Waals surface area contributed by atoms with Gasteiger partial charge in [-0.3, -0.25) is 0 Å². The first-order valence-corrected chi connectivity index (χ1v) is 3.90. The second kappa shape index (κ2) is 12.4. The van der Waals surface area contributed by atoms with Gasteiger partial charge < -0.3 is 0 Å². The minimum absolute atomic E-state index is 1.23. The zero-order valence-electron chi connectivity index (χ0n) is 8.09. The monoisotopic (exact) mass is 162 g/mol. The molecule has 0 amide bonds. The Labute approximate surface area is 76.3 Å². The number of hydrogen-bond acceptors (Lipinski definition) is 0. The van der Waals surface area contributed by atoms with Gasteiger partial charge in [0.05, 0.1) is 0 Å². The van der Waals surface area contributed by atoms with Gasteiger partial charge in [0.2, 0.25) is 0 Å². The minimum Gasteiger partial charge on any atom is -0.106 e. The molecule has 0 aromatic heterocycles. The molecule has 0 nitrogen and oxygen atoms in total. The average Bonchev–Trinajstić information content (AvgIpc) is 2.14. The topological polar surface area (TPSA) is 0 Å². The van der Waals surface area contributed by atoms with E-state index < -0.39 is 0 Å². The first-order chi connectivity index (χ1) is 5.81. The summed E-state index contributed by atoms with van der Waals surface area (Å²) in [4.78, 5) is 0. The molecule has 0 rings (SSSR count). The Hall–Kier alpha value is -1.30. The summed E-state index contributed by atoms with van der Waals surface area (Å²) in [5.74, 6) is 0. The Morgan fingerprint density at radius 1 is 1.17 bits per heavy atom. The van der Waals surface area contributed by atoms with E-state index in [4.69, 9.17) is 0 Å². The molecule has 0 aliphatic carbocycles. The molecule has 0 aromatic carbocycles. The van der Waals surface area contributed by atoms with Crippen molar-refractivity contribution in [3.63, 3.8) is 0 Å². The normalized spacial score (nSPS) is 11.3. The zero-order chi connectivity index (χ0) is 9.82. The molecule has 0 aromatic rings. The maximum absolute atomic E-state index is 3.58. The van der Waals surface area contributed by atoms with Crippen LogP contribution in [0.4, 0.5) is 0 Å². The van der Waals surface area contributed by atoms with E-state index in [1.165, 1.54) is 5.57 Å². The number of rotatable bonds is 3. The van der Waals surface area contributed by atoms with Crippen LogP contribution >= 0.6 is 0 Å². The first-order valence-electron chi connectivity index (χ1n) is 3.90. The molecule has 66 valence electrons. The lowest BCUT2D eigenvalue weighted by molar-refractivity contribution is 1.52. The van der Waals surface area contributed by atoms with Crippen molar-refractivity contribution in [2.75, 3.05) is 0 Å². The summed E-state index contributed by atoms with van der Waals surface area (Å²) in [6.07, 6.45) is 11.8. The van der Waals surface area contributed by atoms with E-state index in [0.717, 1.165) is 0 Å². The molecule has 12 heavy (non-hydrogen) atoms. The Bertz CT molecular complexity index is 180. The van der Waals surface area contributed by atoms with Crippen molar-refractivity contribution < 1.29 is 0 Å². The SMILES string of the molecule is C=C.C=C\C=C/C(C)=C\C=C/C. The van der Waals surface area contributed by atoms with E-state index >= 15 is 0 Å². The quantitative estimate of drug-likeness (QED) is 0.434. The van der Waals surface area contributed by atoms with Crippen LogP contribution in [-0.4, -0.2) is 0 Å². The van der Waals surface area contributed by atoms with E-state index in [0.29, 0.717) is 0 Å². The van der Waals surface area contributed by atoms with Crippen LogP contribution in [0.25, 0.3) is 0 Å². The third-order valence-electron chi connectivity index (χ3n) is 1.05. The Morgan fingerprint density at radius 2 is 1.75 bits per heavy atom. The molecular formula is C12H18. The maximum atomic E-state index is 3.58. The highest BCUT2D eigenvalue weighted by Crippen LogP contribution is 1.94. The molecule has 0 N–H and O–H groups in total. The van der Waals surface area contributed by atoms with Gasteiger partial charge in [-0.05, 0) is 13.8 Å². The van der Waals surface area contributed by atoms with E-state index in [9.17, 15) is 0 Å².